The largest absolute Gasteiger partial charge is 0.756 e. The predicted molar refractivity (Wildman–Crippen MR) is 260 cm³/mol. The number of carbonyl (C=O) groups excluding carboxylic acids is 3. The minimum absolute atomic E-state index is 0.0264. The van der Waals surface area contributed by atoms with Crippen LogP contribution in [-0.2, 0) is 37.5 Å². The van der Waals surface area contributed by atoms with Gasteiger partial charge in [-0.05, 0) is 32.1 Å². The Kier molecular flexibility index (Phi) is 36.6. The lowest BCUT2D eigenvalue weighted by Gasteiger charge is -2.28. The first-order chi connectivity index (χ1) is 31.2. The van der Waals surface area contributed by atoms with E-state index in [1.165, 1.54) is 109 Å². The van der Waals surface area contributed by atoms with Crippen LogP contribution in [0, 0.1) is 11.8 Å². The molecule has 0 amide bonds. The summed E-state index contributed by atoms with van der Waals surface area (Å²) in [5.74, 6) is -1.76. The molecule has 0 aliphatic heterocycles. The molecule has 12 nitrogen and oxygen atoms in total. The molecule has 1 aliphatic carbocycles. The monoisotopic (exact) mass is 942 g/mol. The topological polar surface area (TPSA) is 169 Å². The molecule has 1 fully saturated rings. The maximum absolute atomic E-state index is 12.8. The summed E-state index contributed by atoms with van der Waals surface area (Å²) in [5, 5.41) is 20.8. The number of ketones is 1. The van der Waals surface area contributed by atoms with Crippen LogP contribution < -0.4 is 4.89 Å². The highest BCUT2D eigenvalue weighted by molar-refractivity contribution is 7.45. The third-order valence-electron chi connectivity index (χ3n) is 12.4. The van der Waals surface area contributed by atoms with Gasteiger partial charge in [0.2, 0.25) is 0 Å². The highest BCUT2D eigenvalue weighted by atomic mass is 31.2. The fraction of sp³-hybridized carbons (Fsp3) is 0.865. The van der Waals surface area contributed by atoms with Gasteiger partial charge in [0.1, 0.15) is 25.5 Å². The average molecular weight is 942 g/mol. The van der Waals surface area contributed by atoms with Crippen molar-refractivity contribution in [3.05, 3.63) is 24.3 Å². The Morgan fingerprint density at radius 1 is 0.723 bits per heavy atom. The number of phosphoric ester groups is 1. The summed E-state index contributed by atoms with van der Waals surface area (Å²) in [4.78, 5) is 50.4. The quantitative estimate of drug-likeness (QED) is 0.0196. The Morgan fingerprint density at radius 2 is 1.23 bits per heavy atom. The van der Waals surface area contributed by atoms with Crippen LogP contribution in [0.1, 0.15) is 213 Å². The van der Waals surface area contributed by atoms with Crippen molar-refractivity contribution in [1.29, 1.82) is 0 Å². The third-order valence-corrected chi connectivity index (χ3v) is 13.3. The number of rotatable bonds is 44. The molecule has 380 valence electrons. The number of Topliss-reactive ketones (excluding diaryl/α,β-unsaturated/α-hetero) is 1. The standard InChI is InChI=1S/C52H96NO11P/c1-6-8-10-11-12-13-14-15-16-17-18-19-20-21-22-23-24-25-26-27-33-37-52(58)64-46(44-63-65(59,60)62-41-40-53(3,4)5)43-61-51(57)36-32-29-28-31-35-47-48(50(56)42-49(47)55)39-38-45(54)34-30-9-7-2/h28,31,38-39,45-49,54-55H,6-27,29-30,32-37,40-44H2,1-5H3/b31-28-,39-38+/t45-,46+,47+,48+,49-/m0/s1. The van der Waals surface area contributed by atoms with Gasteiger partial charge in [-0.3, -0.25) is 18.9 Å². The predicted octanol–water partition coefficient (Wildman–Crippen LogP) is 11.4. The van der Waals surface area contributed by atoms with E-state index in [4.69, 9.17) is 18.5 Å². The molecule has 0 heterocycles. The molecule has 0 aromatic heterocycles. The van der Waals surface area contributed by atoms with E-state index in [2.05, 4.69) is 13.8 Å². The number of ether oxygens (including phenoxy) is 2. The average Bonchev–Trinajstić information content (AvgIpc) is 3.52. The molecular weight excluding hydrogens is 846 g/mol. The number of allylic oxidation sites excluding steroid dienone is 3. The molecule has 0 spiro atoms. The van der Waals surface area contributed by atoms with E-state index in [0.717, 1.165) is 38.5 Å². The molecule has 65 heavy (non-hydrogen) atoms. The zero-order valence-corrected chi connectivity index (χ0v) is 42.8. The number of aliphatic hydroxyl groups excluding tert-OH is 2. The van der Waals surface area contributed by atoms with Crippen molar-refractivity contribution in [3.63, 3.8) is 0 Å². The molecule has 0 radical (unpaired) electrons. The number of aliphatic hydroxyl groups is 2. The lowest BCUT2D eigenvalue weighted by molar-refractivity contribution is -0.870. The van der Waals surface area contributed by atoms with Crippen molar-refractivity contribution in [2.24, 2.45) is 11.8 Å². The summed E-state index contributed by atoms with van der Waals surface area (Å²) < 4.78 is 34.0. The molecule has 2 N–H and O–H groups in total. The van der Waals surface area contributed by atoms with Crippen molar-refractivity contribution < 1.29 is 57.1 Å². The first-order valence-corrected chi connectivity index (χ1v) is 27.6. The fourth-order valence-electron chi connectivity index (χ4n) is 8.17. The maximum atomic E-state index is 12.8. The zero-order chi connectivity index (χ0) is 48.0. The molecule has 0 aromatic carbocycles. The first kappa shape index (κ1) is 61.1. The number of likely N-dealkylation sites (N-methyl/N-ethyl adjacent to an activating group) is 1. The Hall–Kier alpha value is -1.92. The van der Waals surface area contributed by atoms with E-state index >= 15 is 0 Å². The maximum Gasteiger partial charge on any atom is 0.306 e. The van der Waals surface area contributed by atoms with Crippen LogP contribution in [0.2, 0.25) is 0 Å². The third kappa shape index (κ3) is 35.8. The number of quaternary nitrogens is 1. The van der Waals surface area contributed by atoms with Crippen LogP contribution in [0.3, 0.4) is 0 Å². The van der Waals surface area contributed by atoms with E-state index in [9.17, 15) is 34.1 Å². The van der Waals surface area contributed by atoms with Crippen LogP contribution >= 0.6 is 7.82 Å². The SMILES string of the molecule is CCCCCCCCCCCCCCCCCCCCCCCC(=O)O[C@H](COC(=O)CCC/C=C\C[C@H]1[C@@H](O)CC(=O)[C@@H]1/C=C/[C@@H](O)CCCCC)COP(=O)([O-])OCC[N+](C)(C)C. The van der Waals surface area contributed by atoms with Gasteiger partial charge in [0, 0.05) is 31.1 Å². The first-order valence-electron chi connectivity index (χ1n) is 26.1. The molecule has 0 bridgehead atoms. The molecule has 0 saturated heterocycles. The number of phosphoric acid groups is 1. The van der Waals surface area contributed by atoms with Gasteiger partial charge in [0.15, 0.2) is 6.10 Å². The Balaban J connectivity index is 2.38. The van der Waals surface area contributed by atoms with Crippen LogP contribution in [0.4, 0.5) is 0 Å². The van der Waals surface area contributed by atoms with Crippen LogP contribution in [-0.4, -0.2) is 98.2 Å². The van der Waals surface area contributed by atoms with Crippen LogP contribution in [0.25, 0.3) is 0 Å². The van der Waals surface area contributed by atoms with Crippen LogP contribution in [0.5, 0.6) is 0 Å². The normalized spacial score (nSPS) is 18.7. The molecule has 13 heteroatoms. The van der Waals surface area contributed by atoms with Crippen molar-refractivity contribution in [1.82, 2.24) is 0 Å². The van der Waals surface area contributed by atoms with E-state index in [1.54, 1.807) is 12.2 Å². The summed E-state index contributed by atoms with van der Waals surface area (Å²) in [5.41, 5.74) is 0. The molecule has 1 unspecified atom stereocenters. The smallest absolute Gasteiger partial charge is 0.306 e. The molecule has 0 aromatic rings. The number of hydrogen-bond donors (Lipinski definition) is 2. The van der Waals surface area contributed by atoms with E-state index in [-0.39, 0.29) is 44.2 Å². The van der Waals surface area contributed by atoms with Gasteiger partial charge in [0.25, 0.3) is 7.82 Å². The van der Waals surface area contributed by atoms with Gasteiger partial charge in [-0.1, -0.05) is 186 Å². The zero-order valence-electron chi connectivity index (χ0n) is 41.9. The Morgan fingerprint density at radius 3 is 1.77 bits per heavy atom. The Bertz CT molecular complexity index is 1320. The van der Waals surface area contributed by atoms with Gasteiger partial charge in [-0.15, -0.1) is 0 Å². The van der Waals surface area contributed by atoms with Crippen molar-refractivity contribution in [2.45, 2.75) is 231 Å². The van der Waals surface area contributed by atoms with Crippen molar-refractivity contribution in [3.8, 4) is 0 Å². The summed E-state index contributed by atoms with van der Waals surface area (Å²) >= 11 is 0. The highest BCUT2D eigenvalue weighted by Gasteiger charge is 2.39. The van der Waals surface area contributed by atoms with E-state index < -0.39 is 50.6 Å². The number of nitrogens with zero attached hydrogens (tertiary/aromatic N) is 1. The van der Waals surface area contributed by atoms with E-state index in [0.29, 0.717) is 43.1 Å². The molecule has 6 atom stereocenters. The fourth-order valence-corrected chi connectivity index (χ4v) is 8.90. The van der Waals surface area contributed by atoms with Gasteiger partial charge in [-0.25, -0.2) is 0 Å². The number of esters is 2. The van der Waals surface area contributed by atoms with Gasteiger partial charge < -0.3 is 38.1 Å². The number of unbranched alkanes of at least 4 members (excludes halogenated alkanes) is 23. The van der Waals surface area contributed by atoms with Crippen LogP contribution in [0.15, 0.2) is 24.3 Å². The summed E-state index contributed by atoms with van der Waals surface area (Å²) in [6, 6.07) is 0. The highest BCUT2D eigenvalue weighted by Crippen LogP contribution is 2.38. The minimum atomic E-state index is -4.69. The summed E-state index contributed by atoms with van der Waals surface area (Å²) in [7, 11) is 1.03. The summed E-state index contributed by atoms with van der Waals surface area (Å²) in [6.45, 7) is 3.85. The molecule has 1 aliphatic rings. The molecule has 1 rings (SSSR count). The second-order valence-electron chi connectivity index (χ2n) is 19.7. The van der Waals surface area contributed by atoms with E-state index in [1.807, 2.05) is 33.3 Å². The van der Waals surface area contributed by atoms with Gasteiger partial charge in [0.05, 0.1) is 40.0 Å². The lowest BCUT2D eigenvalue weighted by atomic mass is 9.90. The molecule has 1 saturated carbocycles. The second kappa shape index (κ2) is 39.0. The number of carbonyl (C=O) groups is 3. The lowest BCUT2D eigenvalue weighted by Crippen LogP contribution is -2.37. The summed E-state index contributed by atoms with van der Waals surface area (Å²) in [6.07, 6.45) is 37.1. The molecular formula is C52H96NO11P. The van der Waals surface area contributed by atoms with Gasteiger partial charge in [-0.2, -0.15) is 0 Å². The number of hydrogen-bond acceptors (Lipinski definition) is 11. The van der Waals surface area contributed by atoms with Crippen molar-refractivity contribution >= 4 is 25.5 Å². The Labute approximate surface area is 396 Å². The minimum Gasteiger partial charge on any atom is -0.756 e. The second-order valence-corrected chi connectivity index (χ2v) is 21.1. The van der Waals surface area contributed by atoms with Crippen molar-refractivity contribution in [2.75, 3.05) is 47.5 Å². The van der Waals surface area contributed by atoms with Gasteiger partial charge >= 0.3 is 11.9 Å².